The van der Waals surface area contributed by atoms with Crippen LogP contribution in [0.2, 0.25) is 0 Å². The van der Waals surface area contributed by atoms with Gasteiger partial charge in [0.2, 0.25) is 0 Å². The molecule has 0 saturated heterocycles. The summed E-state index contributed by atoms with van der Waals surface area (Å²) in [6, 6.07) is 0. The summed E-state index contributed by atoms with van der Waals surface area (Å²) in [5.41, 5.74) is 9.49. The lowest BCUT2D eigenvalue weighted by Crippen LogP contribution is -2.21. The second kappa shape index (κ2) is 6.67. The Hall–Kier alpha value is -1.18. The van der Waals surface area contributed by atoms with Crippen LogP contribution in [0.15, 0.2) is 12.8 Å². The molecule has 0 spiro atoms. The summed E-state index contributed by atoms with van der Waals surface area (Å²) in [6.45, 7) is 10.6. The summed E-state index contributed by atoms with van der Waals surface area (Å²) >= 11 is 0. The van der Waals surface area contributed by atoms with E-state index in [1.807, 2.05) is 0 Å². The number of nitrogens with two attached hydrogens (primary N) is 1. The molecule has 0 aromatic carbocycles. The molecule has 0 aliphatic carbocycles. The Morgan fingerprint density at radius 1 is 1.33 bits per heavy atom. The van der Waals surface area contributed by atoms with Crippen molar-refractivity contribution in [2.75, 3.05) is 5.73 Å². The Morgan fingerprint density at radius 3 is 2.56 bits per heavy atom. The van der Waals surface area contributed by atoms with Gasteiger partial charge in [-0.1, -0.05) is 53.0 Å². The molecule has 2 nitrogen and oxygen atoms in total. The van der Waals surface area contributed by atoms with Gasteiger partial charge in [-0.3, -0.25) is 0 Å². The zero-order valence-electron chi connectivity index (χ0n) is 12.2. The number of aromatic nitrogens is 1. The monoisotopic (exact) mass is 248 g/mol. The van der Waals surface area contributed by atoms with Gasteiger partial charge in [-0.05, 0) is 29.9 Å². The molecule has 1 atom stereocenters. The Kier molecular flexibility index (Phi) is 5.52. The minimum atomic E-state index is 0.190. The zero-order chi connectivity index (χ0) is 13.6. The highest BCUT2D eigenvalue weighted by Gasteiger charge is 2.27. The van der Waals surface area contributed by atoms with Crippen molar-refractivity contribution in [3.05, 3.63) is 24.0 Å². The quantitative estimate of drug-likeness (QED) is 0.633. The topological polar surface area (TPSA) is 41.8 Å². The largest absolute Gasteiger partial charge is 0.397 e. The summed E-state index contributed by atoms with van der Waals surface area (Å²) in [5, 5.41) is 0. The summed E-state index contributed by atoms with van der Waals surface area (Å²) in [5.74, 6) is 0. The highest BCUT2D eigenvalue weighted by atomic mass is 14.8. The highest BCUT2D eigenvalue weighted by molar-refractivity contribution is 5.65. The van der Waals surface area contributed by atoms with Crippen molar-refractivity contribution in [1.29, 1.82) is 0 Å². The Balaban J connectivity index is 2.79. The third-order valence-corrected chi connectivity index (χ3v) is 4.17. The average molecular weight is 248 g/mol. The van der Waals surface area contributed by atoms with E-state index in [0.29, 0.717) is 0 Å². The fourth-order valence-corrected chi connectivity index (χ4v) is 2.56. The molecule has 102 valence electrons. The van der Waals surface area contributed by atoms with Crippen molar-refractivity contribution in [3.63, 3.8) is 0 Å². The maximum Gasteiger partial charge on any atom is 0.0611 e. The molecule has 0 amide bonds. The van der Waals surface area contributed by atoms with Crippen LogP contribution in [-0.4, -0.2) is 4.98 Å². The van der Waals surface area contributed by atoms with Crippen LogP contribution >= 0.6 is 0 Å². The van der Waals surface area contributed by atoms with Crippen LogP contribution in [0.3, 0.4) is 0 Å². The maximum atomic E-state index is 6.20. The standard InChI is InChI=1S/C16H28N2/c1-5-8-9-10-11-16(4,7-3)13-12-18-14(6-2)15(13)17/h6,12,18H,2,5,7-11,17H2,1,3-4H3. The second-order valence-corrected chi connectivity index (χ2v) is 5.46. The van der Waals surface area contributed by atoms with Crippen molar-refractivity contribution >= 4 is 11.8 Å². The Labute approximate surface area is 112 Å². The number of unbranched alkanes of at least 4 members (excludes halogenated alkanes) is 3. The third-order valence-electron chi connectivity index (χ3n) is 4.17. The van der Waals surface area contributed by atoms with E-state index < -0.39 is 0 Å². The van der Waals surface area contributed by atoms with E-state index >= 15 is 0 Å². The normalized spacial score (nSPS) is 14.4. The number of anilines is 1. The van der Waals surface area contributed by atoms with E-state index in [9.17, 15) is 0 Å². The molecule has 18 heavy (non-hydrogen) atoms. The lowest BCUT2D eigenvalue weighted by molar-refractivity contribution is 0.397. The van der Waals surface area contributed by atoms with Crippen LogP contribution in [0.25, 0.3) is 6.08 Å². The Morgan fingerprint density at radius 2 is 2.06 bits per heavy atom. The fraction of sp³-hybridized carbons (Fsp3) is 0.625. The lowest BCUT2D eigenvalue weighted by Gasteiger charge is -2.28. The summed E-state index contributed by atoms with van der Waals surface area (Å²) < 4.78 is 0. The minimum absolute atomic E-state index is 0.190. The predicted molar refractivity (Wildman–Crippen MR) is 81.7 cm³/mol. The predicted octanol–water partition coefficient (Wildman–Crippen LogP) is 4.88. The third kappa shape index (κ3) is 3.18. The van der Waals surface area contributed by atoms with Crippen molar-refractivity contribution in [2.45, 2.75) is 64.7 Å². The van der Waals surface area contributed by atoms with Crippen molar-refractivity contribution in [1.82, 2.24) is 4.98 Å². The van der Waals surface area contributed by atoms with Gasteiger partial charge in [0.25, 0.3) is 0 Å². The number of nitrogens with one attached hydrogen (secondary N) is 1. The van der Waals surface area contributed by atoms with E-state index in [2.05, 4.69) is 38.5 Å². The first-order valence-electron chi connectivity index (χ1n) is 7.18. The smallest absolute Gasteiger partial charge is 0.0611 e. The summed E-state index contributed by atoms with van der Waals surface area (Å²) in [4.78, 5) is 3.22. The lowest BCUT2D eigenvalue weighted by atomic mass is 9.76. The minimum Gasteiger partial charge on any atom is -0.397 e. The second-order valence-electron chi connectivity index (χ2n) is 5.46. The maximum absolute atomic E-state index is 6.20. The van der Waals surface area contributed by atoms with Gasteiger partial charge in [-0.25, -0.2) is 0 Å². The molecule has 1 rings (SSSR count). The van der Waals surface area contributed by atoms with Gasteiger partial charge in [0, 0.05) is 6.20 Å². The van der Waals surface area contributed by atoms with Crippen LogP contribution in [0.1, 0.15) is 70.6 Å². The first-order chi connectivity index (χ1) is 8.59. The van der Waals surface area contributed by atoms with Crippen LogP contribution < -0.4 is 5.73 Å². The highest BCUT2D eigenvalue weighted by Crippen LogP contribution is 2.38. The van der Waals surface area contributed by atoms with E-state index in [4.69, 9.17) is 5.73 Å². The van der Waals surface area contributed by atoms with Gasteiger partial charge in [0.05, 0.1) is 11.4 Å². The van der Waals surface area contributed by atoms with Gasteiger partial charge < -0.3 is 10.7 Å². The number of hydrogen-bond acceptors (Lipinski definition) is 1. The van der Waals surface area contributed by atoms with Gasteiger partial charge in [0.15, 0.2) is 0 Å². The summed E-state index contributed by atoms with van der Waals surface area (Å²) in [6.07, 6.45) is 11.4. The first-order valence-corrected chi connectivity index (χ1v) is 7.18. The summed E-state index contributed by atoms with van der Waals surface area (Å²) in [7, 11) is 0. The van der Waals surface area contributed by atoms with Gasteiger partial charge >= 0.3 is 0 Å². The zero-order valence-corrected chi connectivity index (χ0v) is 12.2. The van der Waals surface area contributed by atoms with Gasteiger partial charge in [-0.2, -0.15) is 0 Å². The first kappa shape index (κ1) is 14.9. The molecule has 1 heterocycles. The Bertz CT molecular complexity index is 378. The van der Waals surface area contributed by atoms with E-state index in [1.165, 1.54) is 37.7 Å². The van der Waals surface area contributed by atoms with Crippen LogP contribution in [0.5, 0.6) is 0 Å². The number of rotatable bonds is 8. The molecular weight excluding hydrogens is 220 g/mol. The molecule has 0 aliphatic rings. The molecule has 0 fully saturated rings. The molecule has 0 bridgehead atoms. The molecule has 0 aliphatic heterocycles. The number of aromatic amines is 1. The van der Waals surface area contributed by atoms with E-state index in [1.54, 1.807) is 6.08 Å². The fourth-order valence-electron chi connectivity index (χ4n) is 2.56. The molecule has 0 saturated carbocycles. The van der Waals surface area contributed by atoms with Crippen molar-refractivity contribution in [3.8, 4) is 0 Å². The molecule has 1 aromatic rings. The van der Waals surface area contributed by atoms with Crippen molar-refractivity contribution in [2.24, 2.45) is 0 Å². The van der Waals surface area contributed by atoms with Crippen molar-refractivity contribution < 1.29 is 0 Å². The van der Waals surface area contributed by atoms with Gasteiger partial charge in [0.1, 0.15) is 0 Å². The molecule has 1 aromatic heterocycles. The average Bonchev–Trinajstić information content (AvgIpc) is 2.76. The van der Waals surface area contributed by atoms with Crippen LogP contribution in [0.4, 0.5) is 5.69 Å². The SMILES string of the molecule is C=Cc1[nH]cc(C(C)(CC)CCCCCC)c1N. The molecule has 3 N–H and O–H groups in total. The number of H-pyrrole nitrogens is 1. The molecule has 2 heteroatoms. The van der Waals surface area contributed by atoms with Crippen LogP contribution in [0, 0.1) is 0 Å². The number of hydrogen-bond donors (Lipinski definition) is 2. The van der Waals surface area contributed by atoms with Crippen LogP contribution in [-0.2, 0) is 5.41 Å². The molecule has 0 radical (unpaired) electrons. The van der Waals surface area contributed by atoms with E-state index in [0.717, 1.165) is 17.8 Å². The van der Waals surface area contributed by atoms with E-state index in [-0.39, 0.29) is 5.41 Å². The molecular formula is C16H28N2. The van der Waals surface area contributed by atoms with Gasteiger partial charge in [-0.15, -0.1) is 0 Å². The molecule has 1 unspecified atom stereocenters. The number of nitrogen functional groups attached to an aromatic ring is 1.